The first-order chi connectivity index (χ1) is 11.4. The fourth-order valence-corrected chi connectivity index (χ4v) is 3.27. The van der Waals surface area contributed by atoms with Gasteiger partial charge in [-0.2, -0.15) is 4.57 Å². The van der Waals surface area contributed by atoms with Gasteiger partial charge in [-0.15, -0.1) is 0 Å². The summed E-state index contributed by atoms with van der Waals surface area (Å²) < 4.78 is 1.90. The van der Waals surface area contributed by atoms with Gasteiger partial charge < -0.3 is 5.32 Å². The molecule has 1 atom stereocenters. The van der Waals surface area contributed by atoms with Crippen LogP contribution in [0.4, 0.5) is 5.69 Å². The predicted molar refractivity (Wildman–Crippen MR) is 99.8 cm³/mol. The molecule has 0 aliphatic carbocycles. The number of hydrogen-bond donors (Lipinski definition) is 1. The Labute approximate surface area is 153 Å². The third-order valence-electron chi connectivity index (χ3n) is 4.29. The number of hydrogen-bond acceptors (Lipinski definition) is 1. The summed E-state index contributed by atoms with van der Waals surface area (Å²) in [5.41, 5.74) is 1.91. The van der Waals surface area contributed by atoms with Crippen molar-refractivity contribution in [3.05, 3.63) is 58.3 Å². The summed E-state index contributed by atoms with van der Waals surface area (Å²) in [6.45, 7) is 6.25. The van der Waals surface area contributed by atoms with E-state index in [1.165, 1.54) is 5.56 Å². The number of amides is 1. The van der Waals surface area contributed by atoms with Gasteiger partial charge in [-0.05, 0) is 42.5 Å². The summed E-state index contributed by atoms with van der Waals surface area (Å²) in [5.74, 6) is 0.450. The van der Waals surface area contributed by atoms with Gasteiger partial charge in [0, 0.05) is 34.8 Å². The first kappa shape index (κ1) is 18.8. The second-order valence-corrected chi connectivity index (χ2v) is 6.79. The maximum atomic E-state index is 12.4. The van der Waals surface area contributed by atoms with Crippen LogP contribution in [0, 0.1) is 0 Å². The number of benzene rings is 1. The fraction of sp³-hybridized carbons (Fsp3) is 0.368. The van der Waals surface area contributed by atoms with Crippen molar-refractivity contribution >= 4 is 34.8 Å². The molecule has 0 aliphatic heterocycles. The van der Waals surface area contributed by atoms with Crippen molar-refractivity contribution in [3.63, 3.8) is 0 Å². The Bertz CT molecular complexity index is 677. The van der Waals surface area contributed by atoms with Crippen LogP contribution >= 0.6 is 23.2 Å². The van der Waals surface area contributed by atoms with Crippen molar-refractivity contribution in [2.24, 2.45) is 0 Å². The van der Waals surface area contributed by atoms with Crippen LogP contribution in [0.2, 0.25) is 10.0 Å². The lowest BCUT2D eigenvalue weighted by atomic mass is 9.95. The smallest absolute Gasteiger partial charge is 0.293 e. The first-order valence-electron chi connectivity index (χ1n) is 8.22. The monoisotopic (exact) mass is 365 g/mol. The normalized spacial score (nSPS) is 12.2. The zero-order valence-electron chi connectivity index (χ0n) is 14.2. The summed E-state index contributed by atoms with van der Waals surface area (Å²) in [4.78, 5) is 12.4. The number of rotatable bonds is 6. The number of nitrogens with zero attached hydrogens (tertiary/aromatic N) is 1. The molecule has 0 saturated carbocycles. The minimum absolute atomic E-state index is 0.117. The van der Waals surface area contributed by atoms with Gasteiger partial charge in [0.1, 0.15) is 0 Å². The third kappa shape index (κ3) is 4.71. The number of anilines is 1. The molecule has 1 aromatic carbocycles. The van der Waals surface area contributed by atoms with Gasteiger partial charge in [0.15, 0.2) is 12.4 Å². The summed E-state index contributed by atoms with van der Waals surface area (Å²) in [6.07, 6.45) is 6.16. The fourth-order valence-electron chi connectivity index (χ4n) is 2.75. The molecule has 2 rings (SSSR count). The number of pyridine rings is 1. The molecule has 5 heteroatoms. The summed E-state index contributed by atoms with van der Waals surface area (Å²) in [6, 6.07) is 8.85. The van der Waals surface area contributed by atoms with E-state index in [1.54, 1.807) is 18.2 Å². The van der Waals surface area contributed by atoms with Crippen LogP contribution in [-0.4, -0.2) is 5.91 Å². The maximum absolute atomic E-state index is 12.4. The minimum atomic E-state index is -0.335. The summed E-state index contributed by atoms with van der Waals surface area (Å²) in [5, 5.41) is 3.84. The standard InChI is InChI=1S/C19H22Cl2N2O/c1-4-14(5-2)15-6-8-23(9-7-15)13(3)19(24)22-18-11-16(20)10-17(21)12-18/h6-14H,4-5H2,1-3H3/p+1/t13-/m1/s1. The highest BCUT2D eigenvalue weighted by Gasteiger charge is 2.22. The van der Waals surface area contributed by atoms with Crippen LogP contribution in [-0.2, 0) is 4.79 Å². The van der Waals surface area contributed by atoms with Gasteiger partial charge in [-0.3, -0.25) is 4.79 Å². The molecule has 1 heterocycles. The second-order valence-electron chi connectivity index (χ2n) is 5.92. The Morgan fingerprint density at radius 1 is 1.08 bits per heavy atom. The van der Waals surface area contributed by atoms with E-state index in [9.17, 15) is 4.79 Å². The van der Waals surface area contributed by atoms with Crippen LogP contribution < -0.4 is 9.88 Å². The molecule has 2 aromatic rings. The van der Waals surface area contributed by atoms with Crippen molar-refractivity contribution in [3.8, 4) is 0 Å². The van der Waals surface area contributed by atoms with Crippen LogP contribution in [0.25, 0.3) is 0 Å². The van der Waals surface area contributed by atoms with Crippen LogP contribution in [0.3, 0.4) is 0 Å². The molecule has 128 valence electrons. The molecule has 0 radical (unpaired) electrons. The average Bonchev–Trinajstić information content (AvgIpc) is 2.55. The van der Waals surface area contributed by atoms with Crippen molar-refractivity contribution in [2.75, 3.05) is 5.32 Å². The largest absolute Gasteiger partial charge is 0.320 e. The number of carbonyl (C=O) groups is 1. The van der Waals surface area contributed by atoms with Crippen molar-refractivity contribution in [1.29, 1.82) is 0 Å². The molecule has 1 amide bonds. The molecule has 0 aliphatic rings. The number of halogens is 2. The van der Waals surface area contributed by atoms with E-state index in [2.05, 4.69) is 31.3 Å². The maximum Gasteiger partial charge on any atom is 0.293 e. The SMILES string of the molecule is CCC(CC)c1cc[n+]([C@H](C)C(=O)Nc2cc(Cl)cc(Cl)c2)cc1. The average molecular weight is 366 g/mol. The Kier molecular flexibility index (Phi) is 6.64. The molecular weight excluding hydrogens is 343 g/mol. The molecular formula is C19H23Cl2N2O+. The van der Waals surface area contributed by atoms with Crippen molar-refractivity contribution in [2.45, 2.75) is 45.6 Å². The van der Waals surface area contributed by atoms with Gasteiger partial charge in [0.2, 0.25) is 6.04 Å². The van der Waals surface area contributed by atoms with E-state index in [0.29, 0.717) is 21.7 Å². The molecule has 0 unspecified atom stereocenters. The Morgan fingerprint density at radius 2 is 1.62 bits per heavy atom. The van der Waals surface area contributed by atoms with Crippen LogP contribution in [0.1, 0.15) is 51.1 Å². The number of aromatic nitrogens is 1. The van der Waals surface area contributed by atoms with E-state index in [4.69, 9.17) is 23.2 Å². The molecule has 0 bridgehead atoms. The summed E-state index contributed by atoms with van der Waals surface area (Å²) >= 11 is 11.9. The first-order valence-corrected chi connectivity index (χ1v) is 8.97. The Balaban J connectivity index is 2.10. The molecule has 1 N–H and O–H groups in total. The Morgan fingerprint density at radius 3 is 2.12 bits per heavy atom. The molecule has 0 fully saturated rings. The number of carbonyl (C=O) groups excluding carboxylic acids is 1. The van der Waals surface area contributed by atoms with Gasteiger partial charge in [0.05, 0.1) is 0 Å². The zero-order chi connectivity index (χ0) is 17.7. The lowest BCUT2D eigenvalue weighted by molar-refractivity contribution is -0.705. The van der Waals surface area contributed by atoms with Gasteiger partial charge in [-0.25, -0.2) is 0 Å². The van der Waals surface area contributed by atoms with Crippen molar-refractivity contribution in [1.82, 2.24) is 0 Å². The number of nitrogens with one attached hydrogen (secondary N) is 1. The zero-order valence-corrected chi connectivity index (χ0v) is 15.7. The van der Waals surface area contributed by atoms with Crippen LogP contribution in [0.5, 0.6) is 0 Å². The highest BCUT2D eigenvalue weighted by molar-refractivity contribution is 6.35. The minimum Gasteiger partial charge on any atom is -0.320 e. The van der Waals surface area contributed by atoms with E-state index >= 15 is 0 Å². The van der Waals surface area contributed by atoms with E-state index in [-0.39, 0.29) is 11.9 Å². The molecule has 0 saturated heterocycles. The molecule has 1 aromatic heterocycles. The van der Waals surface area contributed by atoms with Gasteiger partial charge >= 0.3 is 0 Å². The van der Waals surface area contributed by atoms with Crippen molar-refractivity contribution < 1.29 is 9.36 Å². The lowest BCUT2D eigenvalue weighted by Crippen LogP contribution is -2.44. The molecule has 24 heavy (non-hydrogen) atoms. The highest BCUT2D eigenvalue weighted by atomic mass is 35.5. The van der Waals surface area contributed by atoms with Gasteiger partial charge in [0.25, 0.3) is 5.91 Å². The van der Waals surface area contributed by atoms with Gasteiger partial charge in [-0.1, -0.05) is 37.0 Å². The van der Waals surface area contributed by atoms with E-state index in [1.807, 2.05) is 23.9 Å². The predicted octanol–water partition coefficient (Wildman–Crippen LogP) is 5.38. The topological polar surface area (TPSA) is 33.0 Å². The third-order valence-corrected chi connectivity index (χ3v) is 4.73. The lowest BCUT2D eigenvalue weighted by Gasteiger charge is -2.13. The summed E-state index contributed by atoms with van der Waals surface area (Å²) in [7, 11) is 0. The second kappa shape index (κ2) is 8.50. The molecule has 0 spiro atoms. The van der Waals surface area contributed by atoms with E-state index in [0.717, 1.165) is 12.8 Å². The quantitative estimate of drug-likeness (QED) is 0.684. The van der Waals surface area contributed by atoms with E-state index < -0.39 is 0 Å². The van der Waals surface area contributed by atoms with Crippen LogP contribution in [0.15, 0.2) is 42.7 Å². The highest BCUT2D eigenvalue weighted by Crippen LogP contribution is 2.23. The molecule has 3 nitrogen and oxygen atoms in total. The Hall–Kier alpha value is -1.58.